The average molecular weight is 1310 g/mol. The zero-order valence-corrected chi connectivity index (χ0v) is 59.5. The first-order chi connectivity index (χ1) is 42.9. The second kappa shape index (κ2) is 62.2. The second-order valence-corrected chi connectivity index (χ2v) is 28.7. The number of phosphoric ester groups is 2. The largest absolute Gasteiger partial charge is 0.472 e. The fourth-order valence-electron chi connectivity index (χ4n) is 10.5. The Bertz CT molecular complexity index is 1740. The van der Waals surface area contributed by atoms with Crippen LogP contribution in [0.1, 0.15) is 356 Å². The molecule has 0 aromatic rings. The quantitative estimate of drug-likeness (QED) is 0.0222. The third-order valence-electron chi connectivity index (χ3n) is 16.9. The van der Waals surface area contributed by atoms with E-state index in [1.165, 1.54) is 173 Å². The summed E-state index contributed by atoms with van der Waals surface area (Å²) in [6, 6.07) is 0. The highest BCUT2D eigenvalue weighted by molar-refractivity contribution is 7.47. The predicted molar refractivity (Wildman–Crippen MR) is 358 cm³/mol. The predicted octanol–water partition coefficient (Wildman–Crippen LogP) is 20.0. The van der Waals surface area contributed by atoms with Crippen LogP contribution in [0.4, 0.5) is 0 Å². The van der Waals surface area contributed by atoms with Gasteiger partial charge in [-0.3, -0.25) is 37.3 Å². The Morgan fingerprint density at radius 2 is 0.539 bits per heavy atom. The van der Waals surface area contributed by atoms with Gasteiger partial charge in [0.05, 0.1) is 26.4 Å². The molecule has 0 aliphatic carbocycles. The van der Waals surface area contributed by atoms with Crippen molar-refractivity contribution < 1.29 is 80.2 Å². The maximum atomic E-state index is 13.0. The van der Waals surface area contributed by atoms with Crippen LogP contribution in [0.5, 0.6) is 0 Å². The van der Waals surface area contributed by atoms with Gasteiger partial charge in [0, 0.05) is 25.7 Å². The van der Waals surface area contributed by atoms with E-state index in [4.69, 9.17) is 37.0 Å². The normalized spacial score (nSPS) is 14.8. The Morgan fingerprint density at radius 1 is 0.315 bits per heavy atom. The lowest BCUT2D eigenvalue weighted by Crippen LogP contribution is -2.30. The molecule has 0 saturated heterocycles. The highest BCUT2D eigenvalue weighted by atomic mass is 31.2. The monoisotopic (exact) mass is 1310 g/mol. The SMILES string of the molecule is CCCCCCCCCCCCCCCC(=O)O[C@H](COC(=O)CCCCCCCCCCC(C)CC)COP(=O)(O)OC[C@@H](O)COP(=O)(O)OC[C@@H](COC(=O)CCCCCCCCCCCCCC)OC(=O)CCCCCCCCCCC(C)CC. The molecule has 0 bridgehead atoms. The van der Waals surface area contributed by atoms with Crippen molar-refractivity contribution in [3.63, 3.8) is 0 Å². The summed E-state index contributed by atoms with van der Waals surface area (Å²) in [5, 5.41) is 10.6. The molecule has 17 nitrogen and oxygen atoms in total. The van der Waals surface area contributed by atoms with Crippen LogP contribution in [0.3, 0.4) is 0 Å². The summed E-state index contributed by atoms with van der Waals surface area (Å²) in [5.74, 6) is -0.576. The Kier molecular flexibility index (Phi) is 60.8. The van der Waals surface area contributed by atoms with Gasteiger partial charge >= 0.3 is 39.5 Å². The van der Waals surface area contributed by atoms with Crippen molar-refractivity contribution in [3.8, 4) is 0 Å². The lowest BCUT2D eigenvalue weighted by atomic mass is 9.99. The molecule has 0 aliphatic rings. The molecule has 0 spiro atoms. The van der Waals surface area contributed by atoms with E-state index >= 15 is 0 Å². The average Bonchev–Trinajstić information content (AvgIpc) is 3.72. The van der Waals surface area contributed by atoms with Gasteiger partial charge in [0.2, 0.25) is 0 Å². The smallest absolute Gasteiger partial charge is 0.462 e. The lowest BCUT2D eigenvalue weighted by Gasteiger charge is -2.21. The fraction of sp³-hybridized carbons (Fsp3) is 0.943. The van der Waals surface area contributed by atoms with Gasteiger partial charge in [-0.05, 0) is 37.5 Å². The molecule has 3 N–H and O–H groups in total. The van der Waals surface area contributed by atoms with E-state index in [1.807, 2.05) is 0 Å². The van der Waals surface area contributed by atoms with Crippen LogP contribution in [-0.2, 0) is 65.4 Å². The maximum absolute atomic E-state index is 13.0. The number of aliphatic hydroxyl groups is 1. The van der Waals surface area contributed by atoms with E-state index in [-0.39, 0.29) is 25.7 Å². The van der Waals surface area contributed by atoms with Crippen molar-refractivity contribution in [2.75, 3.05) is 39.6 Å². The van der Waals surface area contributed by atoms with Gasteiger partial charge in [0.1, 0.15) is 19.3 Å². The fourth-order valence-corrected chi connectivity index (χ4v) is 12.1. The van der Waals surface area contributed by atoms with Crippen molar-refractivity contribution >= 4 is 39.5 Å². The number of rotatable bonds is 69. The van der Waals surface area contributed by atoms with Crippen molar-refractivity contribution in [2.45, 2.75) is 374 Å². The van der Waals surface area contributed by atoms with Crippen molar-refractivity contribution in [3.05, 3.63) is 0 Å². The van der Waals surface area contributed by atoms with Crippen LogP contribution >= 0.6 is 15.6 Å². The van der Waals surface area contributed by atoms with E-state index < -0.39 is 97.5 Å². The molecular formula is C70H136O17P2. The molecule has 4 unspecified atom stereocenters. The number of hydrogen-bond donors (Lipinski definition) is 3. The van der Waals surface area contributed by atoms with E-state index in [9.17, 15) is 43.2 Å². The molecule has 0 saturated carbocycles. The number of carbonyl (C=O) groups excluding carboxylic acids is 4. The summed E-state index contributed by atoms with van der Waals surface area (Å²) in [6.07, 6.45) is 46.9. The number of hydrogen-bond acceptors (Lipinski definition) is 15. The van der Waals surface area contributed by atoms with E-state index in [2.05, 4.69) is 41.5 Å². The Labute approximate surface area is 543 Å². The molecule has 19 heteroatoms. The van der Waals surface area contributed by atoms with Crippen LogP contribution in [0, 0.1) is 11.8 Å². The number of phosphoric acid groups is 2. The molecule has 0 amide bonds. The molecule has 0 heterocycles. The van der Waals surface area contributed by atoms with Gasteiger partial charge < -0.3 is 33.8 Å². The molecule has 0 fully saturated rings. The number of carbonyl (C=O) groups is 4. The van der Waals surface area contributed by atoms with Gasteiger partial charge in [-0.15, -0.1) is 0 Å². The molecule has 0 aliphatic heterocycles. The summed E-state index contributed by atoms with van der Waals surface area (Å²) in [5.41, 5.74) is 0. The molecule has 0 rings (SSSR count). The lowest BCUT2D eigenvalue weighted by molar-refractivity contribution is -0.161. The first kappa shape index (κ1) is 87.1. The van der Waals surface area contributed by atoms with Gasteiger partial charge in [0.15, 0.2) is 12.2 Å². The molecule has 0 aromatic carbocycles. The van der Waals surface area contributed by atoms with Gasteiger partial charge in [-0.1, -0.05) is 305 Å². The van der Waals surface area contributed by atoms with Crippen molar-refractivity contribution in [1.29, 1.82) is 0 Å². The zero-order chi connectivity index (χ0) is 65.7. The summed E-state index contributed by atoms with van der Waals surface area (Å²) in [7, 11) is -9.90. The van der Waals surface area contributed by atoms with E-state index in [0.29, 0.717) is 25.7 Å². The van der Waals surface area contributed by atoms with Crippen LogP contribution in [0.25, 0.3) is 0 Å². The summed E-state index contributed by atoms with van der Waals surface area (Å²) < 4.78 is 68.3. The number of unbranched alkanes of at least 4 members (excludes halogenated alkanes) is 37. The molecule has 7 atom stereocenters. The Hall–Kier alpha value is -1.94. The van der Waals surface area contributed by atoms with Gasteiger partial charge in [-0.2, -0.15) is 0 Å². The van der Waals surface area contributed by atoms with Gasteiger partial charge in [0.25, 0.3) is 0 Å². The molecule has 528 valence electrons. The maximum Gasteiger partial charge on any atom is 0.472 e. The standard InChI is InChI=1S/C70H136O17P2/c1-7-11-13-15-17-19-21-23-25-27-36-42-48-54-69(74)86-65(59-81-68(73)53-47-41-35-30-28-32-38-44-50-62(5)9-3)60-84-88(76,77)82-56-64(71)57-83-89(78,79)85-61-66(87-70(75)55-49-43-37-31-29-33-39-45-51-63(6)10-4)58-80-67(72)52-46-40-34-26-24-22-20-18-16-14-12-8-2/h62-66,71H,7-61H2,1-6H3,(H,76,77)(H,78,79)/t62?,63?,64-,65-,66-/m1/s1. The van der Waals surface area contributed by atoms with Crippen molar-refractivity contribution in [2.24, 2.45) is 11.8 Å². The Morgan fingerprint density at radius 3 is 0.798 bits per heavy atom. The van der Waals surface area contributed by atoms with Gasteiger partial charge in [-0.25, -0.2) is 9.13 Å². The zero-order valence-electron chi connectivity index (χ0n) is 57.7. The first-order valence-corrected chi connectivity index (χ1v) is 39.6. The molecular weight excluding hydrogens is 1170 g/mol. The van der Waals surface area contributed by atoms with Crippen LogP contribution < -0.4 is 0 Å². The minimum atomic E-state index is -4.95. The third kappa shape index (κ3) is 62.0. The topological polar surface area (TPSA) is 237 Å². The van der Waals surface area contributed by atoms with Crippen LogP contribution in [0.2, 0.25) is 0 Å². The first-order valence-electron chi connectivity index (χ1n) is 36.6. The minimum absolute atomic E-state index is 0.105. The van der Waals surface area contributed by atoms with Crippen molar-refractivity contribution in [1.82, 2.24) is 0 Å². The molecule has 0 radical (unpaired) electrons. The number of esters is 4. The van der Waals surface area contributed by atoms with E-state index in [0.717, 1.165) is 102 Å². The van der Waals surface area contributed by atoms with E-state index in [1.54, 1.807) is 0 Å². The van der Waals surface area contributed by atoms with Crippen LogP contribution in [0.15, 0.2) is 0 Å². The highest BCUT2D eigenvalue weighted by Gasteiger charge is 2.30. The summed E-state index contributed by atoms with van der Waals surface area (Å²) in [6.45, 7) is 9.55. The summed E-state index contributed by atoms with van der Waals surface area (Å²) in [4.78, 5) is 72.6. The Balaban J connectivity index is 5.27. The second-order valence-electron chi connectivity index (χ2n) is 25.8. The molecule has 0 aromatic heterocycles. The minimum Gasteiger partial charge on any atom is -0.462 e. The molecule has 89 heavy (non-hydrogen) atoms. The number of ether oxygens (including phenoxy) is 4. The number of aliphatic hydroxyl groups excluding tert-OH is 1. The highest BCUT2D eigenvalue weighted by Crippen LogP contribution is 2.45. The van der Waals surface area contributed by atoms with Crippen LogP contribution in [-0.4, -0.2) is 96.7 Å². The third-order valence-corrected chi connectivity index (χ3v) is 18.8. The summed E-state index contributed by atoms with van der Waals surface area (Å²) >= 11 is 0.